The number of benzene rings is 2. The van der Waals surface area contributed by atoms with Gasteiger partial charge < -0.3 is 20.1 Å². The molecule has 0 aliphatic heterocycles. The van der Waals surface area contributed by atoms with E-state index < -0.39 is 0 Å². The number of carbonyl (C=O) groups excluding carboxylic acids is 1. The maximum atomic E-state index is 12.0. The molecule has 2 aromatic carbocycles. The van der Waals surface area contributed by atoms with Crippen molar-refractivity contribution in [3.05, 3.63) is 58.6 Å². The predicted molar refractivity (Wildman–Crippen MR) is 99.6 cm³/mol. The van der Waals surface area contributed by atoms with Crippen molar-refractivity contribution in [2.75, 3.05) is 20.3 Å². The number of halogens is 1. The number of carbonyl (C=O) groups is 1. The SMILES string of the molecule is COc1ccc(C)cc1C(C)NC(=O)NCCOc1ccc(Cl)cc1. The van der Waals surface area contributed by atoms with Crippen molar-refractivity contribution >= 4 is 17.6 Å². The van der Waals surface area contributed by atoms with Crippen molar-refractivity contribution in [1.29, 1.82) is 0 Å². The molecule has 2 N–H and O–H groups in total. The average molecular weight is 363 g/mol. The van der Waals surface area contributed by atoms with Gasteiger partial charge >= 0.3 is 6.03 Å². The molecule has 2 aromatic rings. The van der Waals surface area contributed by atoms with Gasteiger partial charge in [0.05, 0.1) is 19.7 Å². The van der Waals surface area contributed by atoms with Crippen molar-refractivity contribution in [2.45, 2.75) is 19.9 Å². The smallest absolute Gasteiger partial charge is 0.315 e. The fraction of sp³-hybridized carbons (Fsp3) is 0.316. The zero-order chi connectivity index (χ0) is 18.2. The van der Waals surface area contributed by atoms with E-state index in [0.717, 1.165) is 16.9 Å². The number of rotatable bonds is 7. The van der Waals surface area contributed by atoms with E-state index in [1.165, 1.54) is 0 Å². The third-order valence-electron chi connectivity index (χ3n) is 3.67. The molecular formula is C19H23ClN2O3. The molecule has 0 aliphatic carbocycles. The first kappa shape index (κ1) is 18.9. The van der Waals surface area contributed by atoms with Gasteiger partial charge in [0, 0.05) is 10.6 Å². The number of urea groups is 1. The Labute approximate surface area is 153 Å². The number of methoxy groups -OCH3 is 1. The number of aryl methyl sites for hydroxylation is 1. The lowest BCUT2D eigenvalue weighted by Gasteiger charge is -2.18. The topological polar surface area (TPSA) is 59.6 Å². The molecule has 0 heterocycles. The van der Waals surface area contributed by atoms with Gasteiger partial charge in [0.1, 0.15) is 18.1 Å². The van der Waals surface area contributed by atoms with Crippen LogP contribution >= 0.6 is 11.6 Å². The van der Waals surface area contributed by atoms with Crippen molar-refractivity contribution in [3.63, 3.8) is 0 Å². The van der Waals surface area contributed by atoms with Gasteiger partial charge in [-0.2, -0.15) is 0 Å². The Morgan fingerprint density at radius 3 is 2.60 bits per heavy atom. The monoisotopic (exact) mass is 362 g/mol. The second kappa shape index (κ2) is 9.18. The Hall–Kier alpha value is -2.40. The molecule has 2 amide bonds. The molecule has 0 aromatic heterocycles. The Bertz CT molecular complexity index is 704. The average Bonchev–Trinajstić information content (AvgIpc) is 2.60. The van der Waals surface area contributed by atoms with E-state index in [4.69, 9.17) is 21.1 Å². The highest BCUT2D eigenvalue weighted by molar-refractivity contribution is 6.30. The quantitative estimate of drug-likeness (QED) is 0.729. The summed E-state index contributed by atoms with van der Waals surface area (Å²) in [5.74, 6) is 1.47. The molecular weight excluding hydrogens is 340 g/mol. The fourth-order valence-electron chi connectivity index (χ4n) is 2.38. The minimum Gasteiger partial charge on any atom is -0.496 e. The lowest BCUT2D eigenvalue weighted by Crippen LogP contribution is -2.39. The van der Waals surface area contributed by atoms with Crippen LogP contribution < -0.4 is 20.1 Å². The van der Waals surface area contributed by atoms with E-state index in [-0.39, 0.29) is 12.1 Å². The molecule has 0 saturated carbocycles. The van der Waals surface area contributed by atoms with Crippen molar-refractivity contribution in [3.8, 4) is 11.5 Å². The molecule has 1 unspecified atom stereocenters. The Morgan fingerprint density at radius 2 is 1.92 bits per heavy atom. The molecule has 0 radical (unpaired) electrons. The van der Waals surface area contributed by atoms with Crippen LogP contribution in [-0.4, -0.2) is 26.3 Å². The molecule has 0 bridgehead atoms. The maximum absolute atomic E-state index is 12.0. The third-order valence-corrected chi connectivity index (χ3v) is 3.92. The van der Waals surface area contributed by atoms with Gasteiger partial charge in [-0.15, -0.1) is 0 Å². The maximum Gasteiger partial charge on any atom is 0.315 e. The largest absolute Gasteiger partial charge is 0.496 e. The number of amides is 2. The minimum atomic E-state index is -0.254. The van der Waals surface area contributed by atoms with Gasteiger partial charge in [0.25, 0.3) is 0 Å². The second-order valence-corrected chi connectivity index (χ2v) is 6.11. The molecule has 0 aliphatic rings. The molecule has 25 heavy (non-hydrogen) atoms. The lowest BCUT2D eigenvalue weighted by molar-refractivity contribution is 0.233. The van der Waals surface area contributed by atoms with Gasteiger partial charge in [-0.05, 0) is 44.2 Å². The number of hydrogen-bond donors (Lipinski definition) is 2. The fourth-order valence-corrected chi connectivity index (χ4v) is 2.51. The first-order valence-electron chi connectivity index (χ1n) is 8.07. The van der Waals surface area contributed by atoms with E-state index in [1.54, 1.807) is 31.4 Å². The van der Waals surface area contributed by atoms with Crippen LogP contribution in [0, 0.1) is 6.92 Å². The first-order valence-corrected chi connectivity index (χ1v) is 8.44. The van der Waals surface area contributed by atoms with Crippen molar-refractivity contribution in [1.82, 2.24) is 10.6 Å². The number of ether oxygens (including phenoxy) is 2. The summed E-state index contributed by atoms with van der Waals surface area (Å²) in [5.41, 5.74) is 2.05. The van der Waals surface area contributed by atoms with Crippen molar-refractivity contribution < 1.29 is 14.3 Å². The van der Waals surface area contributed by atoms with Gasteiger partial charge in [-0.3, -0.25) is 0 Å². The van der Waals surface area contributed by atoms with Crippen LogP contribution in [0.4, 0.5) is 4.79 Å². The molecule has 5 nitrogen and oxygen atoms in total. The highest BCUT2D eigenvalue weighted by Crippen LogP contribution is 2.25. The van der Waals surface area contributed by atoms with Crippen LogP contribution in [0.3, 0.4) is 0 Å². The van der Waals surface area contributed by atoms with Crippen molar-refractivity contribution in [2.24, 2.45) is 0 Å². The Balaban J connectivity index is 1.78. The number of hydrogen-bond acceptors (Lipinski definition) is 3. The molecule has 0 fully saturated rings. The molecule has 1 atom stereocenters. The number of nitrogens with one attached hydrogen (secondary N) is 2. The van der Waals surface area contributed by atoms with Crippen LogP contribution in [0.25, 0.3) is 0 Å². The van der Waals surface area contributed by atoms with Crippen LogP contribution in [0.5, 0.6) is 11.5 Å². The van der Waals surface area contributed by atoms with Gasteiger partial charge in [0.15, 0.2) is 0 Å². The molecule has 134 valence electrons. The Morgan fingerprint density at radius 1 is 1.20 bits per heavy atom. The summed E-state index contributed by atoms with van der Waals surface area (Å²) in [7, 11) is 1.62. The van der Waals surface area contributed by atoms with E-state index in [0.29, 0.717) is 23.9 Å². The van der Waals surface area contributed by atoms with Crippen LogP contribution in [0.15, 0.2) is 42.5 Å². The Kier molecular flexibility index (Phi) is 6.95. The zero-order valence-electron chi connectivity index (χ0n) is 14.6. The van der Waals surface area contributed by atoms with E-state index in [2.05, 4.69) is 10.6 Å². The van der Waals surface area contributed by atoms with E-state index in [1.807, 2.05) is 32.0 Å². The summed E-state index contributed by atoms with van der Waals surface area (Å²) >= 11 is 5.82. The normalized spacial score (nSPS) is 11.5. The van der Waals surface area contributed by atoms with Gasteiger partial charge in [-0.1, -0.05) is 29.3 Å². The summed E-state index contributed by atoms with van der Waals surface area (Å²) in [4.78, 5) is 12.0. The van der Waals surface area contributed by atoms with Crippen LogP contribution in [0.2, 0.25) is 5.02 Å². The first-order chi connectivity index (χ1) is 12.0. The standard InChI is InChI=1S/C19H23ClN2O3/c1-13-4-9-18(24-3)17(12-13)14(2)22-19(23)21-10-11-25-16-7-5-15(20)6-8-16/h4-9,12,14H,10-11H2,1-3H3,(H2,21,22,23). The summed E-state index contributed by atoms with van der Waals surface area (Å²) in [6, 6.07) is 12.5. The molecule has 6 heteroatoms. The zero-order valence-corrected chi connectivity index (χ0v) is 15.4. The summed E-state index contributed by atoms with van der Waals surface area (Å²) in [5, 5.41) is 6.33. The molecule has 0 saturated heterocycles. The summed E-state index contributed by atoms with van der Waals surface area (Å²) in [6.07, 6.45) is 0. The van der Waals surface area contributed by atoms with Gasteiger partial charge in [-0.25, -0.2) is 4.79 Å². The van der Waals surface area contributed by atoms with Gasteiger partial charge in [0.2, 0.25) is 0 Å². The highest BCUT2D eigenvalue weighted by atomic mass is 35.5. The third kappa shape index (κ3) is 5.87. The second-order valence-electron chi connectivity index (χ2n) is 5.67. The summed E-state index contributed by atoms with van der Waals surface area (Å²) < 4.78 is 10.9. The lowest BCUT2D eigenvalue weighted by atomic mass is 10.0. The molecule has 0 spiro atoms. The summed E-state index contributed by atoms with van der Waals surface area (Å²) in [6.45, 7) is 4.69. The molecule has 2 rings (SSSR count). The predicted octanol–water partition coefficient (Wildman–Crippen LogP) is 4.10. The van der Waals surface area contributed by atoms with E-state index in [9.17, 15) is 4.79 Å². The van der Waals surface area contributed by atoms with Crippen LogP contribution in [-0.2, 0) is 0 Å². The highest BCUT2D eigenvalue weighted by Gasteiger charge is 2.14. The minimum absolute atomic E-state index is 0.174. The van der Waals surface area contributed by atoms with Crippen LogP contribution in [0.1, 0.15) is 24.1 Å². The van der Waals surface area contributed by atoms with E-state index >= 15 is 0 Å².